The lowest BCUT2D eigenvalue weighted by Gasteiger charge is -2.42. The Hall–Kier alpha value is -3.20. The minimum absolute atomic E-state index is 0.0668. The number of nitrogens with zero attached hydrogens (tertiary/aromatic N) is 4. The Morgan fingerprint density at radius 1 is 1.26 bits per heavy atom. The van der Waals surface area contributed by atoms with Crippen molar-refractivity contribution in [2.45, 2.75) is 76.2 Å². The average molecular weight is 464 g/mol. The lowest BCUT2D eigenvalue weighted by Crippen LogP contribution is -2.49. The summed E-state index contributed by atoms with van der Waals surface area (Å²) in [5, 5.41) is 8.24. The van der Waals surface area contributed by atoms with Crippen LogP contribution in [0.3, 0.4) is 0 Å². The van der Waals surface area contributed by atoms with Gasteiger partial charge in [0.25, 0.3) is 11.5 Å². The Labute approximate surface area is 197 Å². The van der Waals surface area contributed by atoms with E-state index in [0.717, 1.165) is 31.1 Å². The summed E-state index contributed by atoms with van der Waals surface area (Å²) in [6.07, 6.45) is 7.25. The lowest BCUT2D eigenvalue weighted by molar-refractivity contribution is 0.00381. The van der Waals surface area contributed by atoms with Gasteiger partial charge in [0, 0.05) is 36.2 Å². The number of carbonyl (C=O) groups excluding carboxylic acids is 1. The summed E-state index contributed by atoms with van der Waals surface area (Å²) in [5.74, 6) is -0.235. The topological polar surface area (TPSA) is 100 Å². The molecule has 1 amide bonds. The second-order valence-electron chi connectivity index (χ2n) is 10.9. The number of pyridine rings is 2. The van der Waals surface area contributed by atoms with Crippen molar-refractivity contribution in [3.8, 4) is 5.88 Å². The molecule has 2 saturated carbocycles. The van der Waals surface area contributed by atoms with Gasteiger partial charge in [-0.15, -0.1) is 0 Å². The molecular formula is C25H29N5O4. The summed E-state index contributed by atoms with van der Waals surface area (Å²) in [5.41, 5.74) is 0.436. The molecule has 7 rings (SSSR count). The number of aromatic nitrogens is 4. The molecule has 5 heterocycles. The summed E-state index contributed by atoms with van der Waals surface area (Å²) in [7, 11) is 0. The number of hydrogen-bond acceptors (Lipinski definition) is 6. The molecule has 0 radical (unpaired) electrons. The van der Waals surface area contributed by atoms with E-state index in [9.17, 15) is 9.59 Å². The molecule has 2 aliphatic carbocycles. The Kier molecular flexibility index (Phi) is 4.34. The van der Waals surface area contributed by atoms with E-state index < -0.39 is 5.91 Å². The van der Waals surface area contributed by atoms with Crippen molar-refractivity contribution in [2.24, 2.45) is 0 Å². The average Bonchev–Trinajstić information content (AvgIpc) is 3.08. The van der Waals surface area contributed by atoms with Gasteiger partial charge in [-0.2, -0.15) is 10.1 Å². The molecule has 0 unspecified atom stereocenters. The maximum atomic E-state index is 13.3. The summed E-state index contributed by atoms with van der Waals surface area (Å²) in [4.78, 5) is 30.9. The Morgan fingerprint density at radius 3 is 2.68 bits per heavy atom. The fourth-order valence-corrected chi connectivity index (χ4v) is 5.37. The predicted molar refractivity (Wildman–Crippen MR) is 126 cm³/mol. The molecule has 0 spiro atoms. The van der Waals surface area contributed by atoms with Gasteiger partial charge in [0.05, 0.1) is 23.9 Å². The molecule has 9 nitrogen and oxygen atoms in total. The van der Waals surface area contributed by atoms with Crippen molar-refractivity contribution in [3.63, 3.8) is 0 Å². The van der Waals surface area contributed by atoms with Crippen LogP contribution in [0.4, 0.5) is 5.69 Å². The van der Waals surface area contributed by atoms with Gasteiger partial charge in [-0.3, -0.25) is 14.3 Å². The van der Waals surface area contributed by atoms with E-state index in [0.29, 0.717) is 12.3 Å². The molecule has 2 aliphatic heterocycles. The third-order valence-electron chi connectivity index (χ3n) is 7.38. The number of hydrogen-bond donors (Lipinski definition) is 1. The van der Waals surface area contributed by atoms with Crippen molar-refractivity contribution >= 4 is 22.6 Å². The predicted octanol–water partition coefficient (Wildman–Crippen LogP) is 3.42. The van der Waals surface area contributed by atoms with Gasteiger partial charge in [-0.1, -0.05) is 0 Å². The van der Waals surface area contributed by atoms with Gasteiger partial charge >= 0.3 is 0 Å². The van der Waals surface area contributed by atoms with Gasteiger partial charge in [-0.05, 0) is 58.7 Å². The normalized spacial score (nSPS) is 26.5. The van der Waals surface area contributed by atoms with Crippen LogP contribution >= 0.6 is 0 Å². The first-order chi connectivity index (χ1) is 16.1. The van der Waals surface area contributed by atoms with Gasteiger partial charge < -0.3 is 19.4 Å². The highest BCUT2D eigenvalue weighted by Crippen LogP contribution is 2.55. The van der Waals surface area contributed by atoms with E-state index in [4.69, 9.17) is 14.6 Å². The van der Waals surface area contributed by atoms with Crippen molar-refractivity contribution in [1.29, 1.82) is 0 Å². The van der Waals surface area contributed by atoms with Crippen LogP contribution in [0.1, 0.15) is 63.7 Å². The third-order valence-corrected chi connectivity index (χ3v) is 7.38. The maximum absolute atomic E-state index is 13.3. The number of rotatable bonds is 6. The molecule has 4 aliphatic rings. The Morgan fingerprint density at radius 2 is 2.03 bits per heavy atom. The number of anilines is 1. The van der Waals surface area contributed by atoms with E-state index in [1.54, 1.807) is 29.0 Å². The molecule has 2 saturated heterocycles. The quantitative estimate of drug-likeness (QED) is 0.601. The molecule has 3 aromatic heterocycles. The van der Waals surface area contributed by atoms with E-state index in [-0.39, 0.29) is 45.5 Å². The zero-order valence-electron chi connectivity index (χ0n) is 19.9. The van der Waals surface area contributed by atoms with Crippen molar-refractivity contribution in [3.05, 3.63) is 46.5 Å². The third kappa shape index (κ3) is 3.25. The highest BCUT2D eigenvalue weighted by Gasteiger charge is 2.61. The van der Waals surface area contributed by atoms with Crippen LogP contribution in [-0.4, -0.2) is 43.6 Å². The van der Waals surface area contributed by atoms with Gasteiger partial charge in [0.2, 0.25) is 5.88 Å². The second-order valence-corrected chi connectivity index (χ2v) is 10.9. The fraction of sp³-hybridized carbons (Fsp3) is 0.520. The number of amides is 1. The maximum Gasteiger partial charge on any atom is 0.274 e. The fourth-order valence-electron chi connectivity index (χ4n) is 5.37. The molecule has 178 valence electrons. The first-order valence-electron chi connectivity index (χ1n) is 11.8. The zero-order chi connectivity index (χ0) is 23.9. The molecule has 4 fully saturated rings. The van der Waals surface area contributed by atoms with Gasteiger partial charge in [-0.25, -0.2) is 0 Å². The Balaban J connectivity index is 1.36. The minimum atomic E-state index is -0.438. The van der Waals surface area contributed by atoms with E-state index in [1.165, 1.54) is 0 Å². The summed E-state index contributed by atoms with van der Waals surface area (Å²) >= 11 is 0. The summed E-state index contributed by atoms with van der Waals surface area (Å²) in [6.45, 7) is 8.55. The first kappa shape index (κ1) is 21.3. The highest BCUT2D eigenvalue weighted by molar-refractivity contribution is 6.07. The minimum Gasteiger partial charge on any atom is -0.474 e. The smallest absolute Gasteiger partial charge is 0.274 e. The van der Waals surface area contributed by atoms with Crippen LogP contribution in [0.2, 0.25) is 0 Å². The lowest BCUT2D eigenvalue weighted by atomic mass is 9.69. The molecular weight excluding hydrogens is 434 g/mol. The van der Waals surface area contributed by atoms with Crippen molar-refractivity contribution in [2.75, 3.05) is 11.9 Å². The van der Waals surface area contributed by atoms with Crippen molar-refractivity contribution < 1.29 is 14.3 Å². The molecule has 34 heavy (non-hydrogen) atoms. The zero-order valence-corrected chi connectivity index (χ0v) is 19.9. The molecule has 9 heteroatoms. The van der Waals surface area contributed by atoms with Crippen LogP contribution in [0, 0.1) is 0 Å². The summed E-state index contributed by atoms with van der Waals surface area (Å²) in [6, 6.07) is 5.15. The number of carbonyl (C=O) groups is 1. The van der Waals surface area contributed by atoms with Crippen LogP contribution in [0.5, 0.6) is 5.88 Å². The van der Waals surface area contributed by atoms with E-state index in [1.807, 2.05) is 31.6 Å². The summed E-state index contributed by atoms with van der Waals surface area (Å²) < 4.78 is 15.4. The van der Waals surface area contributed by atoms with Gasteiger partial charge in [0.15, 0.2) is 5.65 Å². The number of ether oxygens (including phenoxy) is 2. The molecule has 3 aromatic rings. The monoisotopic (exact) mass is 463 g/mol. The number of fused-ring (bicyclic) bond motifs is 2. The van der Waals surface area contributed by atoms with Crippen LogP contribution < -0.4 is 15.6 Å². The number of nitrogens with one attached hydrogen (secondary N) is 1. The largest absolute Gasteiger partial charge is 0.474 e. The molecule has 0 atom stereocenters. The van der Waals surface area contributed by atoms with Crippen molar-refractivity contribution in [1.82, 2.24) is 19.3 Å². The molecule has 0 aromatic carbocycles. The molecule has 1 N–H and O–H groups in total. The highest BCUT2D eigenvalue weighted by atomic mass is 16.5. The first-order valence-corrected chi connectivity index (χ1v) is 11.8. The van der Waals surface area contributed by atoms with Crippen LogP contribution in [0.25, 0.3) is 11.0 Å². The Bertz CT molecular complexity index is 1380. The SMILES string of the molecule is CC(C)Oc1nc2nn(C34COC(C)(C3)C4)cc2cc1C(=O)Nc1cccn(C2(C)CC2)c1=O. The standard InChI is InChI=1S/C25H29N5O4/c1-15(2)34-21-17(20(31)26-18-6-5-9-29(22(18)32)23(3)7-8-23)10-16-11-30(28-19(16)27-21)25-12-24(4,13-25)33-14-25/h5-6,9-11,15H,7-8,12-14H2,1-4H3,(H,26,31). The molecule has 2 bridgehead atoms. The second kappa shape index (κ2) is 6.91. The van der Waals surface area contributed by atoms with Crippen LogP contribution in [0.15, 0.2) is 35.4 Å². The van der Waals surface area contributed by atoms with E-state index in [2.05, 4.69) is 17.2 Å². The van der Waals surface area contributed by atoms with Crippen LogP contribution in [-0.2, 0) is 15.8 Å². The van der Waals surface area contributed by atoms with E-state index >= 15 is 0 Å². The van der Waals surface area contributed by atoms with Gasteiger partial charge in [0.1, 0.15) is 11.3 Å².